The van der Waals surface area contributed by atoms with Crippen LogP contribution in [-0.4, -0.2) is 24.5 Å². The number of aromatic nitrogens is 6. The van der Waals surface area contributed by atoms with E-state index in [1.165, 1.54) is 0 Å². The summed E-state index contributed by atoms with van der Waals surface area (Å²) >= 11 is 0. The van der Waals surface area contributed by atoms with Gasteiger partial charge in [-0.25, -0.2) is 15.0 Å². The molecule has 7 nitrogen and oxygen atoms in total. The van der Waals surface area contributed by atoms with E-state index in [4.69, 9.17) is 19.9 Å². The Morgan fingerprint density at radius 2 is 1.15 bits per heavy atom. The molecule has 5 aromatic carbocycles. The van der Waals surface area contributed by atoms with Crippen LogP contribution in [0.1, 0.15) is 0 Å². The summed E-state index contributed by atoms with van der Waals surface area (Å²) < 4.78 is 2.10. The largest absolute Gasteiger partial charge is 1.00 e. The normalized spacial score (nSPS) is 11.3. The van der Waals surface area contributed by atoms with E-state index >= 15 is 0 Å². The molecule has 0 saturated heterocycles. The fraction of sp³-hybridized carbons (Fsp3) is 0. The number of para-hydroxylation sites is 3. The van der Waals surface area contributed by atoms with Gasteiger partial charge in [-0.3, -0.25) is 4.57 Å². The van der Waals surface area contributed by atoms with Gasteiger partial charge in [-0.2, -0.15) is 9.97 Å². The van der Waals surface area contributed by atoms with E-state index in [0.717, 1.165) is 54.9 Å². The third-order valence-electron chi connectivity index (χ3n) is 8.43. The van der Waals surface area contributed by atoms with Crippen LogP contribution in [0.2, 0.25) is 0 Å². The molecule has 0 aliphatic heterocycles. The molecule has 9 rings (SSSR count). The Kier molecular flexibility index (Phi) is 6.99. The SMILES string of the molecule is [Li+].[O-]c1ccccc1-c1ccc2ccc3ccc(-c4nc(-c5ccccc5)nc(-n5c6ccccc6c6ccccc65)n4)nc3c2[nH+]1. The van der Waals surface area contributed by atoms with Crippen molar-refractivity contribution in [2.24, 2.45) is 0 Å². The van der Waals surface area contributed by atoms with Crippen molar-refractivity contribution in [3.63, 3.8) is 0 Å². The van der Waals surface area contributed by atoms with Gasteiger partial charge in [0.2, 0.25) is 17.2 Å². The molecule has 47 heavy (non-hydrogen) atoms. The van der Waals surface area contributed by atoms with Crippen LogP contribution in [-0.2, 0) is 0 Å². The molecule has 0 aliphatic carbocycles. The van der Waals surface area contributed by atoms with Crippen molar-refractivity contribution < 1.29 is 29.0 Å². The zero-order valence-electron chi connectivity index (χ0n) is 25.4. The molecule has 4 heterocycles. The van der Waals surface area contributed by atoms with Gasteiger partial charge in [-0.05, 0) is 36.4 Å². The number of fused-ring (bicyclic) bond motifs is 6. The Labute approximate surface area is 281 Å². The van der Waals surface area contributed by atoms with E-state index in [1.54, 1.807) is 12.1 Å². The molecule has 0 unspecified atom stereocenters. The molecule has 0 amide bonds. The Balaban J connectivity index is 0.00000324. The second-order valence-corrected chi connectivity index (χ2v) is 11.2. The van der Waals surface area contributed by atoms with Crippen LogP contribution in [0.4, 0.5) is 0 Å². The minimum absolute atomic E-state index is 0. The average Bonchev–Trinajstić information content (AvgIpc) is 3.46. The topological polar surface area (TPSA) is 93.7 Å². The Hall–Kier alpha value is -5.87. The number of H-pyrrole nitrogens is 1. The first-order valence-electron chi connectivity index (χ1n) is 15.0. The molecule has 4 aromatic heterocycles. The van der Waals surface area contributed by atoms with E-state index in [9.17, 15) is 5.11 Å². The first kappa shape index (κ1) is 28.6. The van der Waals surface area contributed by atoms with Crippen LogP contribution in [0.5, 0.6) is 5.75 Å². The van der Waals surface area contributed by atoms with Crippen LogP contribution < -0.4 is 29.0 Å². The monoisotopic (exact) mass is 599 g/mol. The number of hydrogen-bond acceptors (Lipinski definition) is 5. The fourth-order valence-corrected chi connectivity index (χ4v) is 6.23. The summed E-state index contributed by atoms with van der Waals surface area (Å²) in [7, 11) is 0. The van der Waals surface area contributed by atoms with Gasteiger partial charge in [0.15, 0.2) is 11.6 Å². The Morgan fingerprint density at radius 1 is 0.532 bits per heavy atom. The van der Waals surface area contributed by atoms with Crippen LogP contribution in [0.3, 0.4) is 0 Å². The number of benzene rings is 5. The van der Waals surface area contributed by atoms with Crippen molar-refractivity contribution in [2.45, 2.75) is 0 Å². The van der Waals surface area contributed by atoms with Gasteiger partial charge >= 0.3 is 18.9 Å². The quantitative estimate of drug-likeness (QED) is 0.218. The van der Waals surface area contributed by atoms with Gasteiger partial charge in [-0.15, -0.1) is 0 Å². The summed E-state index contributed by atoms with van der Waals surface area (Å²) in [6.45, 7) is 0. The van der Waals surface area contributed by atoms with Crippen LogP contribution in [0, 0.1) is 0 Å². The van der Waals surface area contributed by atoms with Crippen molar-refractivity contribution in [3.05, 3.63) is 140 Å². The standard InChI is InChI=1S/C39H24N6O.Li/c46-34-17-9-6-14-29(34)30-22-20-24-18-19-25-21-23-31(41-36(25)35(24)40-30)38-42-37(26-10-2-1-3-11-26)43-39(44-38)45-32-15-7-4-12-27(32)28-13-5-8-16-33(28)45;/h1-23,46H;/q;+1. The van der Waals surface area contributed by atoms with Gasteiger partial charge in [0.05, 0.1) is 11.0 Å². The molecule has 1 N–H and O–H groups in total. The van der Waals surface area contributed by atoms with Crippen LogP contribution >= 0.6 is 0 Å². The van der Waals surface area contributed by atoms with E-state index in [-0.39, 0.29) is 24.6 Å². The molecule has 9 aromatic rings. The first-order valence-corrected chi connectivity index (χ1v) is 15.0. The molecule has 0 saturated carbocycles. The number of rotatable bonds is 4. The van der Waals surface area contributed by atoms with E-state index < -0.39 is 0 Å². The average molecular weight is 600 g/mol. The minimum Gasteiger partial charge on any atom is -0.872 e. The molecule has 0 fully saturated rings. The molecule has 0 radical (unpaired) electrons. The summed E-state index contributed by atoms with van der Waals surface area (Å²) in [6, 6.07) is 45.6. The van der Waals surface area contributed by atoms with E-state index in [0.29, 0.717) is 28.9 Å². The van der Waals surface area contributed by atoms with E-state index in [1.807, 2.05) is 78.9 Å². The van der Waals surface area contributed by atoms with Crippen molar-refractivity contribution in [2.75, 3.05) is 0 Å². The van der Waals surface area contributed by atoms with Crippen molar-refractivity contribution in [3.8, 4) is 45.9 Å². The summed E-state index contributed by atoms with van der Waals surface area (Å²) in [6.07, 6.45) is 0. The number of hydrogen-bond donors (Lipinski definition) is 0. The zero-order valence-corrected chi connectivity index (χ0v) is 25.4. The van der Waals surface area contributed by atoms with Gasteiger partial charge in [0, 0.05) is 38.7 Å². The van der Waals surface area contributed by atoms with Crippen molar-refractivity contribution in [1.29, 1.82) is 0 Å². The molecule has 216 valence electrons. The smallest absolute Gasteiger partial charge is 0.872 e. The van der Waals surface area contributed by atoms with E-state index in [2.05, 4.69) is 58.1 Å². The zero-order chi connectivity index (χ0) is 30.6. The molecule has 0 aliphatic rings. The number of aromatic amines is 1. The van der Waals surface area contributed by atoms with Gasteiger partial charge in [-0.1, -0.05) is 103 Å². The molecular weight excluding hydrogens is 575 g/mol. The Bertz CT molecular complexity index is 2570. The fourth-order valence-electron chi connectivity index (χ4n) is 6.23. The Morgan fingerprint density at radius 3 is 1.91 bits per heavy atom. The first-order chi connectivity index (χ1) is 22.7. The number of nitrogens with zero attached hydrogens (tertiary/aromatic N) is 5. The summed E-state index contributed by atoms with van der Waals surface area (Å²) in [4.78, 5) is 23.7. The maximum Gasteiger partial charge on any atom is 1.00 e. The van der Waals surface area contributed by atoms with Gasteiger partial charge in [0.1, 0.15) is 11.2 Å². The molecule has 0 bridgehead atoms. The summed E-state index contributed by atoms with van der Waals surface area (Å²) in [5.41, 5.74) is 6.46. The maximum absolute atomic E-state index is 12.6. The predicted octanol–water partition coefficient (Wildman–Crippen LogP) is 4.56. The van der Waals surface area contributed by atoms with Crippen LogP contribution in [0.25, 0.3) is 83.7 Å². The third-order valence-corrected chi connectivity index (χ3v) is 8.43. The molecule has 0 atom stereocenters. The minimum atomic E-state index is -0.0387. The second-order valence-electron chi connectivity index (χ2n) is 11.2. The summed E-state index contributed by atoms with van der Waals surface area (Å²) in [5, 5.41) is 16.8. The van der Waals surface area contributed by atoms with Gasteiger partial charge < -0.3 is 5.11 Å². The summed E-state index contributed by atoms with van der Waals surface area (Å²) in [5.74, 6) is 1.50. The maximum atomic E-state index is 12.6. The van der Waals surface area contributed by atoms with Crippen molar-refractivity contribution in [1.82, 2.24) is 24.5 Å². The second kappa shape index (κ2) is 11.5. The van der Waals surface area contributed by atoms with Crippen molar-refractivity contribution >= 4 is 43.6 Å². The number of pyridine rings is 2. The third kappa shape index (κ3) is 4.81. The molecule has 8 heteroatoms. The molecular formula is C39H24LiN6O+. The molecule has 0 spiro atoms. The van der Waals surface area contributed by atoms with Crippen LogP contribution in [0.15, 0.2) is 140 Å². The number of nitrogens with one attached hydrogen (secondary N) is 1. The van der Waals surface area contributed by atoms with Gasteiger partial charge in [0.25, 0.3) is 0 Å². The predicted molar refractivity (Wildman–Crippen MR) is 179 cm³/mol.